The highest BCUT2D eigenvalue weighted by molar-refractivity contribution is 5.93. The summed E-state index contributed by atoms with van der Waals surface area (Å²) in [6.07, 6.45) is -4.61. The molecule has 0 amide bonds. The van der Waals surface area contributed by atoms with E-state index in [9.17, 15) is 18.0 Å². The summed E-state index contributed by atoms with van der Waals surface area (Å²) in [5, 5.41) is 0. The molecule has 0 aromatic carbocycles. The van der Waals surface area contributed by atoms with Crippen molar-refractivity contribution in [3.8, 4) is 0 Å². The van der Waals surface area contributed by atoms with Crippen LogP contribution >= 0.6 is 0 Å². The molecule has 1 atom stereocenters. The molecule has 1 aromatic heterocycles. The van der Waals surface area contributed by atoms with E-state index in [4.69, 9.17) is 5.73 Å². The first-order valence-electron chi connectivity index (χ1n) is 5.19. The number of carbonyl (C=O) groups excluding carboxylic acids is 1. The monoisotopic (exact) mass is 264 g/mol. The number of hydrogen-bond acceptors (Lipinski definition) is 3. The van der Waals surface area contributed by atoms with Crippen LogP contribution in [0.2, 0.25) is 0 Å². The van der Waals surface area contributed by atoms with Gasteiger partial charge in [0.1, 0.15) is 6.04 Å². The topological polar surface area (TPSA) is 57.2 Å². The molecular formula is C11H15F3N2O2. The standard InChI is InChI=1S/C11H15F3N2O2/c1-5-7(9(15)11(12,13)14)8(10(17)18-4)6(2)16(5)3/h9H,15H2,1-4H3. The Bertz CT molecular complexity index is 478. The third-order valence-electron chi connectivity index (χ3n) is 3.08. The van der Waals surface area contributed by atoms with E-state index in [2.05, 4.69) is 4.74 Å². The van der Waals surface area contributed by atoms with Gasteiger partial charge in [-0.1, -0.05) is 0 Å². The highest BCUT2D eigenvalue weighted by atomic mass is 19.4. The second kappa shape index (κ2) is 4.64. The predicted octanol–water partition coefficient (Wildman–Crippen LogP) is 1.99. The SMILES string of the molecule is COC(=O)c1c(C(N)C(F)(F)F)c(C)n(C)c1C. The molecule has 0 aliphatic heterocycles. The van der Waals surface area contributed by atoms with Gasteiger partial charge in [-0.3, -0.25) is 0 Å². The Morgan fingerprint density at radius 1 is 1.33 bits per heavy atom. The number of nitrogens with zero attached hydrogens (tertiary/aromatic N) is 1. The largest absolute Gasteiger partial charge is 0.465 e. The van der Waals surface area contributed by atoms with Crippen LogP contribution in [0, 0.1) is 13.8 Å². The van der Waals surface area contributed by atoms with Crippen molar-refractivity contribution < 1.29 is 22.7 Å². The molecule has 1 rings (SSSR count). The Labute approximate surface area is 103 Å². The molecule has 0 bridgehead atoms. The molecule has 0 spiro atoms. The van der Waals surface area contributed by atoms with Crippen LogP contribution in [0.4, 0.5) is 13.2 Å². The summed E-state index contributed by atoms with van der Waals surface area (Å²) >= 11 is 0. The van der Waals surface area contributed by atoms with Gasteiger partial charge in [0.15, 0.2) is 0 Å². The van der Waals surface area contributed by atoms with Crippen LogP contribution in [-0.4, -0.2) is 23.8 Å². The molecule has 1 unspecified atom stereocenters. The number of esters is 1. The summed E-state index contributed by atoms with van der Waals surface area (Å²) in [5.74, 6) is -0.814. The van der Waals surface area contributed by atoms with E-state index in [-0.39, 0.29) is 11.1 Å². The summed E-state index contributed by atoms with van der Waals surface area (Å²) in [6, 6.07) is -2.20. The van der Waals surface area contributed by atoms with Crippen LogP contribution in [0.1, 0.15) is 33.4 Å². The number of halogens is 3. The zero-order chi connectivity index (χ0) is 14.2. The van der Waals surface area contributed by atoms with E-state index in [1.807, 2.05) is 0 Å². The smallest absolute Gasteiger partial charge is 0.407 e. The maximum atomic E-state index is 12.7. The first kappa shape index (κ1) is 14.6. The predicted molar refractivity (Wildman–Crippen MR) is 59.2 cm³/mol. The number of methoxy groups -OCH3 is 1. The molecule has 1 aromatic rings. The van der Waals surface area contributed by atoms with Crippen molar-refractivity contribution in [2.45, 2.75) is 26.1 Å². The Morgan fingerprint density at radius 2 is 1.83 bits per heavy atom. The molecular weight excluding hydrogens is 249 g/mol. The number of carbonyl (C=O) groups is 1. The van der Waals surface area contributed by atoms with Gasteiger partial charge in [0.2, 0.25) is 0 Å². The van der Waals surface area contributed by atoms with E-state index in [1.54, 1.807) is 14.0 Å². The van der Waals surface area contributed by atoms with Gasteiger partial charge >= 0.3 is 12.1 Å². The second-order valence-corrected chi connectivity index (χ2v) is 4.03. The van der Waals surface area contributed by atoms with Crippen LogP contribution in [0.3, 0.4) is 0 Å². The van der Waals surface area contributed by atoms with Gasteiger partial charge in [0.25, 0.3) is 0 Å². The summed E-state index contributed by atoms with van der Waals surface area (Å²) in [5.41, 5.74) is 5.57. The van der Waals surface area contributed by atoms with Crippen molar-refractivity contribution in [1.29, 1.82) is 0 Å². The van der Waals surface area contributed by atoms with Crippen LogP contribution in [0.15, 0.2) is 0 Å². The summed E-state index contributed by atoms with van der Waals surface area (Å²) in [4.78, 5) is 11.6. The van der Waals surface area contributed by atoms with Gasteiger partial charge in [-0.15, -0.1) is 0 Å². The van der Waals surface area contributed by atoms with Crippen molar-refractivity contribution in [2.24, 2.45) is 12.8 Å². The van der Waals surface area contributed by atoms with Crippen molar-refractivity contribution in [3.63, 3.8) is 0 Å². The molecule has 0 fully saturated rings. The molecule has 102 valence electrons. The molecule has 0 saturated carbocycles. The number of aromatic nitrogens is 1. The highest BCUT2D eigenvalue weighted by Crippen LogP contribution is 2.36. The number of rotatable bonds is 2. The van der Waals surface area contributed by atoms with E-state index < -0.39 is 18.2 Å². The summed E-state index contributed by atoms with van der Waals surface area (Å²) in [6.45, 7) is 3.03. The number of ether oxygens (including phenoxy) is 1. The van der Waals surface area contributed by atoms with Gasteiger partial charge in [-0.05, 0) is 13.8 Å². The van der Waals surface area contributed by atoms with Gasteiger partial charge < -0.3 is 15.0 Å². The molecule has 18 heavy (non-hydrogen) atoms. The lowest BCUT2D eigenvalue weighted by atomic mass is 10.0. The number of hydrogen-bond donors (Lipinski definition) is 1. The molecule has 4 nitrogen and oxygen atoms in total. The molecule has 0 radical (unpaired) electrons. The Morgan fingerprint density at radius 3 is 2.22 bits per heavy atom. The van der Waals surface area contributed by atoms with E-state index >= 15 is 0 Å². The van der Waals surface area contributed by atoms with Crippen molar-refractivity contribution in [3.05, 3.63) is 22.5 Å². The molecule has 1 heterocycles. The number of nitrogens with two attached hydrogens (primary N) is 1. The minimum Gasteiger partial charge on any atom is -0.465 e. The fourth-order valence-electron chi connectivity index (χ4n) is 1.88. The molecule has 0 aliphatic carbocycles. The quantitative estimate of drug-likeness (QED) is 0.831. The fourth-order valence-corrected chi connectivity index (χ4v) is 1.88. The number of alkyl halides is 3. The minimum absolute atomic E-state index is 0.109. The lowest BCUT2D eigenvalue weighted by Crippen LogP contribution is -2.30. The third-order valence-corrected chi connectivity index (χ3v) is 3.08. The van der Waals surface area contributed by atoms with Gasteiger partial charge in [0, 0.05) is 24.0 Å². The van der Waals surface area contributed by atoms with Crippen molar-refractivity contribution >= 4 is 5.97 Å². The fraction of sp³-hybridized carbons (Fsp3) is 0.545. The second-order valence-electron chi connectivity index (χ2n) is 4.03. The van der Waals surface area contributed by atoms with Crippen molar-refractivity contribution in [1.82, 2.24) is 4.57 Å². The lowest BCUT2D eigenvalue weighted by Gasteiger charge is -2.17. The van der Waals surface area contributed by atoms with E-state index in [0.29, 0.717) is 11.4 Å². The maximum Gasteiger partial charge on any atom is 0.407 e. The van der Waals surface area contributed by atoms with Crippen LogP contribution in [-0.2, 0) is 11.8 Å². The normalized spacial score (nSPS) is 13.6. The zero-order valence-electron chi connectivity index (χ0n) is 10.6. The van der Waals surface area contributed by atoms with Gasteiger partial charge in [0.05, 0.1) is 12.7 Å². The third kappa shape index (κ3) is 2.22. The highest BCUT2D eigenvalue weighted by Gasteiger charge is 2.42. The molecule has 0 aliphatic rings. The van der Waals surface area contributed by atoms with Crippen molar-refractivity contribution in [2.75, 3.05) is 7.11 Å². The van der Waals surface area contributed by atoms with Gasteiger partial charge in [-0.2, -0.15) is 13.2 Å². The van der Waals surface area contributed by atoms with Gasteiger partial charge in [-0.25, -0.2) is 4.79 Å². The molecule has 0 saturated heterocycles. The Kier molecular flexibility index (Phi) is 3.75. The van der Waals surface area contributed by atoms with Crippen LogP contribution < -0.4 is 5.73 Å². The van der Waals surface area contributed by atoms with Crippen LogP contribution in [0.25, 0.3) is 0 Å². The zero-order valence-corrected chi connectivity index (χ0v) is 10.6. The summed E-state index contributed by atoms with van der Waals surface area (Å²) in [7, 11) is 2.69. The van der Waals surface area contributed by atoms with Crippen LogP contribution in [0.5, 0.6) is 0 Å². The maximum absolute atomic E-state index is 12.7. The minimum atomic E-state index is -4.61. The Balaban J connectivity index is 3.52. The first-order chi connectivity index (χ1) is 8.12. The summed E-state index contributed by atoms with van der Waals surface area (Å²) < 4.78 is 44.2. The average Bonchev–Trinajstić information content (AvgIpc) is 2.50. The average molecular weight is 264 g/mol. The lowest BCUT2D eigenvalue weighted by molar-refractivity contribution is -0.149. The Hall–Kier alpha value is -1.50. The first-order valence-corrected chi connectivity index (χ1v) is 5.19. The van der Waals surface area contributed by atoms with E-state index in [1.165, 1.54) is 11.5 Å². The molecule has 2 N–H and O–H groups in total. The van der Waals surface area contributed by atoms with E-state index in [0.717, 1.165) is 7.11 Å². The molecule has 7 heteroatoms.